The number of hydrogen-bond donors (Lipinski definition) is 2. The molecule has 1 saturated heterocycles. The second-order valence-electron chi connectivity index (χ2n) is 8.28. The first-order valence-corrected chi connectivity index (χ1v) is 10.7. The van der Waals surface area contributed by atoms with Crippen molar-refractivity contribution in [2.75, 3.05) is 26.2 Å². The van der Waals surface area contributed by atoms with Crippen LogP contribution in [0.3, 0.4) is 0 Å². The molecule has 0 aromatic heterocycles. The van der Waals surface area contributed by atoms with Gasteiger partial charge < -0.3 is 10.6 Å². The number of halogens is 2. The molecule has 6 heteroatoms. The topological polar surface area (TPSA) is 44.4 Å². The molecule has 30 heavy (non-hydrogen) atoms. The molecule has 0 aliphatic carbocycles. The molecule has 1 unspecified atom stereocenters. The van der Waals surface area contributed by atoms with Crippen LogP contribution in [0.15, 0.2) is 48.5 Å². The van der Waals surface area contributed by atoms with Crippen LogP contribution in [-0.4, -0.2) is 43.0 Å². The van der Waals surface area contributed by atoms with E-state index in [1.54, 1.807) is 12.1 Å². The van der Waals surface area contributed by atoms with Gasteiger partial charge in [0.15, 0.2) is 0 Å². The minimum absolute atomic E-state index is 0. The van der Waals surface area contributed by atoms with E-state index in [1.807, 2.05) is 0 Å². The van der Waals surface area contributed by atoms with Gasteiger partial charge in [0.25, 0.3) is 0 Å². The van der Waals surface area contributed by atoms with E-state index >= 15 is 0 Å². The molecule has 4 rings (SSSR count). The SMILES string of the molecule is Cl.O=C(NCCc1ccc(F)cc1)C1Cc2ccccc2CN1CC1CCNCC1. The van der Waals surface area contributed by atoms with Crippen molar-refractivity contribution in [2.24, 2.45) is 5.92 Å². The van der Waals surface area contributed by atoms with Crippen molar-refractivity contribution in [3.05, 3.63) is 71.0 Å². The van der Waals surface area contributed by atoms with Crippen LogP contribution in [0.25, 0.3) is 0 Å². The van der Waals surface area contributed by atoms with Crippen molar-refractivity contribution < 1.29 is 9.18 Å². The predicted octanol–water partition coefficient (Wildman–Crippen LogP) is 3.33. The van der Waals surface area contributed by atoms with Crippen LogP contribution in [0.4, 0.5) is 4.39 Å². The summed E-state index contributed by atoms with van der Waals surface area (Å²) >= 11 is 0. The normalized spacial score (nSPS) is 19.6. The van der Waals surface area contributed by atoms with Crippen LogP contribution < -0.4 is 10.6 Å². The van der Waals surface area contributed by atoms with Crippen LogP contribution in [0.2, 0.25) is 0 Å². The molecule has 2 aromatic rings. The van der Waals surface area contributed by atoms with Crippen LogP contribution in [0.5, 0.6) is 0 Å². The molecule has 2 aliphatic rings. The van der Waals surface area contributed by atoms with Gasteiger partial charge in [-0.05, 0) is 73.5 Å². The first-order chi connectivity index (χ1) is 14.2. The van der Waals surface area contributed by atoms with Gasteiger partial charge in [0.2, 0.25) is 5.91 Å². The summed E-state index contributed by atoms with van der Waals surface area (Å²) < 4.78 is 13.1. The molecule has 2 aliphatic heterocycles. The summed E-state index contributed by atoms with van der Waals surface area (Å²) in [5.74, 6) is 0.527. The van der Waals surface area contributed by atoms with E-state index in [0.717, 1.165) is 38.2 Å². The highest BCUT2D eigenvalue weighted by atomic mass is 35.5. The quantitative estimate of drug-likeness (QED) is 0.737. The van der Waals surface area contributed by atoms with Gasteiger partial charge in [-0.15, -0.1) is 12.4 Å². The van der Waals surface area contributed by atoms with E-state index in [4.69, 9.17) is 0 Å². The number of benzene rings is 2. The van der Waals surface area contributed by atoms with Crippen LogP contribution in [-0.2, 0) is 24.2 Å². The molecular weight excluding hydrogens is 401 g/mol. The highest BCUT2D eigenvalue weighted by Gasteiger charge is 2.32. The number of nitrogens with one attached hydrogen (secondary N) is 2. The molecule has 2 heterocycles. The van der Waals surface area contributed by atoms with E-state index in [1.165, 1.54) is 36.1 Å². The van der Waals surface area contributed by atoms with Crippen molar-refractivity contribution in [1.29, 1.82) is 0 Å². The Morgan fingerprint density at radius 3 is 2.50 bits per heavy atom. The summed E-state index contributed by atoms with van der Waals surface area (Å²) in [5, 5.41) is 6.55. The number of rotatable bonds is 6. The van der Waals surface area contributed by atoms with Crippen molar-refractivity contribution in [1.82, 2.24) is 15.5 Å². The van der Waals surface area contributed by atoms with Crippen molar-refractivity contribution in [3.63, 3.8) is 0 Å². The van der Waals surface area contributed by atoms with Crippen molar-refractivity contribution in [2.45, 2.75) is 38.3 Å². The highest BCUT2D eigenvalue weighted by molar-refractivity contribution is 5.85. The van der Waals surface area contributed by atoms with Gasteiger partial charge in [0, 0.05) is 19.6 Å². The number of piperidine rings is 1. The summed E-state index contributed by atoms with van der Waals surface area (Å²) in [6, 6.07) is 14.9. The maximum absolute atomic E-state index is 13.1. The maximum Gasteiger partial charge on any atom is 0.237 e. The molecule has 4 nitrogen and oxygen atoms in total. The standard InChI is InChI=1S/C24H30FN3O.ClH/c25-22-7-5-18(6-8-22)11-14-27-24(29)23-15-20-3-1-2-4-21(20)17-28(23)16-19-9-12-26-13-10-19;/h1-8,19,23,26H,9-17H2,(H,27,29);1H. The largest absolute Gasteiger partial charge is 0.354 e. The van der Waals surface area contributed by atoms with E-state index < -0.39 is 0 Å². The Morgan fingerprint density at radius 2 is 1.77 bits per heavy atom. The van der Waals surface area contributed by atoms with Gasteiger partial charge in [0.1, 0.15) is 5.82 Å². The number of carbonyl (C=O) groups is 1. The first-order valence-electron chi connectivity index (χ1n) is 10.7. The summed E-state index contributed by atoms with van der Waals surface area (Å²) in [7, 11) is 0. The van der Waals surface area contributed by atoms with Gasteiger partial charge in [0.05, 0.1) is 6.04 Å². The van der Waals surface area contributed by atoms with Gasteiger partial charge in [-0.25, -0.2) is 4.39 Å². The van der Waals surface area contributed by atoms with Gasteiger partial charge in [-0.3, -0.25) is 9.69 Å². The lowest BCUT2D eigenvalue weighted by Crippen LogP contribution is -2.52. The molecule has 1 fully saturated rings. The third-order valence-electron chi connectivity index (χ3n) is 6.23. The summed E-state index contributed by atoms with van der Waals surface area (Å²) in [6.07, 6.45) is 3.83. The van der Waals surface area contributed by atoms with Gasteiger partial charge in [-0.2, -0.15) is 0 Å². The molecule has 0 saturated carbocycles. The zero-order valence-electron chi connectivity index (χ0n) is 17.3. The Balaban J connectivity index is 0.00000256. The average Bonchev–Trinajstić information content (AvgIpc) is 2.75. The predicted molar refractivity (Wildman–Crippen MR) is 120 cm³/mol. The fourth-order valence-electron chi connectivity index (χ4n) is 4.52. The molecule has 1 amide bonds. The van der Waals surface area contributed by atoms with E-state index in [-0.39, 0.29) is 30.2 Å². The summed E-state index contributed by atoms with van der Waals surface area (Å²) in [6.45, 7) is 4.54. The fraction of sp³-hybridized carbons (Fsp3) is 0.458. The summed E-state index contributed by atoms with van der Waals surface area (Å²) in [5.41, 5.74) is 3.66. The number of carbonyl (C=O) groups excluding carboxylic acids is 1. The minimum Gasteiger partial charge on any atom is -0.354 e. The van der Waals surface area contributed by atoms with Crippen LogP contribution in [0.1, 0.15) is 29.5 Å². The Bertz CT molecular complexity index is 823. The van der Waals surface area contributed by atoms with E-state index in [9.17, 15) is 9.18 Å². The maximum atomic E-state index is 13.1. The zero-order valence-corrected chi connectivity index (χ0v) is 18.1. The van der Waals surface area contributed by atoms with Crippen LogP contribution in [0, 0.1) is 11.7 Å². The third-order valence-corrected chi connectivity index (χ3v) is 6.23. The molecule has 0 bridgehead atoms. The monoisotopic (exact) mass is 431 g/mol. The van der Waals surface area contributed by atoms with Crippen LogP contribution >= 0.6 is 12.4 Å². The smallest absolute Gasteiger partial charge is 0.237 e. The lowest BCUT2D eigenvalue weighted by molar-refractivity contribution is -0.127. The average molecular weight is 432 g/mol. The second kappa shape index (κ2) is 10.9. The van der Waals surface area contributed by atoms with E-state index in [0.29, 0.717) is 18.9 Å². The molecule has 2 aromatic carbocycles. The Labute approximate surface area is 184 Å². The number of nitrogens with zero attached hydrogens (tertiary/aromatic N) is 1. The van der Waals surface area contributed by atoms with Crippen molar-refractivity contribution in [3.8, 4) is 0 Å². The molecular formula is C24H31ClFN3O. The lowest BCUT2D eigenvalue weighted by atomic mass is 9.90. The van der Waals surface area contributed by atoms with E-state index in [2.05, 4.69) is 39.8 Å². The molecule has 2 N–H and O–H groups in total. The Kier molecular flexibility index (Phi) is 8.25. The fourth-order valence-corrected chi connectivity index (χ4v) is 4.52. The molecule has 162 valence electrons. The van der Waals surface area contributed by atoms with Crippen molar-refractivity contribution >= 4 is 18.3 Å². The molecule has 1 atom stereocenters. The Morgan fingerprint density at radius 1 is 1.07 bits per heavy atom. The van der Waals surface area contributed by atoms with Gasteiger partial charge in [-0.1, -0.05) is 36.4 Å². The lowest BCUT2D eigenvalue weighted by Gasteiger charge is -2.39. The molecule has 0 radical (unpaired) electrons. The Hall–Kier alpha value is -1.95. The summed E-state index contributed by atoms with van der Waals surface area (Å²) in [4.78, 5) is 15.5. The second-order valence-corrected chi connectivity index (χ2v) is 8.28. The highest BCUT2D eigenvalue weighted by Crippen LogP contribution is 2.26. The zero-order chi connectivity index (χ0) is 20.1. The number of hydrogen-bond acceptors (Lipinski definition) is 3. The number of amides is 1. The number of fused-ring (bicyclic) bond motifs is 1. The third kappa shape index (κ3) is 5.81. The van der Waals surface area contributed by atoms with Gasteiger partial charge >= 0.3 is 0 Å². The first kappa shape index (κ1) is 22.7. The minimum atomic E-state index is -0.229. The molecule has 0 spiro atoms.